The minimum atomic E-state index is 0.347. The van der Waals surface area contributed by atoms with E-state index in [2.05, 4.69) is 41.6 Å². The second kappa shape index (κ2) is 6.09. The number of nitrogens with one attached hydrogen (secondary N) is 1. The molecule has 0 aliphatic carbocycles. The van der Waals surface area contributed by atoms with Crippen LogP contribution in [0.3, 0.4) is 0 Å². The number of benzene rings is 1. The number of anilines is 1. The third-order valence-electron chi connectivity index (χ3n) is 3.68. The highest BCUT2D eigenvalue weighted by Gasteiger charge is 2.21. The molecule has 4 heteroatoms. The number of ether oxygens (including phenoxy) is 1. The molecular formula is C16H21N3O. The van der Waals surface area contributed by atoms with Crippen molar-refractivity contribution in [2.75, 3.05) is 11.9 Å². The fraction of sp³-hybridized carbons (Fsp3) is 0.438. The maximum atomic E-state index is 5.82. The van der Waals surface area contributed by atoms with E-state index >= 15 is 0 Å². The molecule has 1 fully saturated rings. The van der Waals surface area contributed by atoms with Crippen LogP contribution in [0.2, 0.25) is 0 Å². The average Bonchev–Trinajstić information content (AvgIpc) is 3.09. The Morgan fingerprint density at radius 1 is 1.35 bits per heavy atom. The molecule has 1 aromatic carbocycles. The Bertz CT molecular complexity index is 538. The van der Waals surface area contributed by atoms with Crippen molar-refractivity contribution in [3.05, 3.63) is 48.3 Å². The van der Waals surface area contributed by atoms with Gasteiger partial charge in [0.2, 0.25) is 0 Å². The lowest BCUT2D eigenvalue weighted by Crippen LogP contribution is -2.19. The summed E-state index contributed by atoms with van der Waals surface area (Å²) in [5, 5.41) is 7.71. The molecule has 106 valence electrons. The van der Waals surface area contributed by atoms with Crippen LogP contribution in [0.1, 0.15) is 25.3 Å². The summed E-state index contributed by atoms with van der Waals surface area (Å²) in [5.74, 6) is 0. The summed E-state index contributed by atoms with van der Waals surface area (Å²) >= 11 is 0. The summed E-state index contributed by atoms with van der Waals surface area (Å²) in [6.45, 7) is 3.83. The molecule has 20 heavy (non-hydrogen) atoms. The first-order valence-electron chi connectivity index (χ1n) is 7.25. The van der Waals surface area contributed by atoms with E-state index in [0.717, 1.165) is 25.2 Å². The van der Waals surface area contributed by atoms with Crippen molar-refractivity contribution in [3.63, 3.8) is 0 Å². The van der Waals surface area contributed by atoms with Crippen molar-refractivity contribution in [1.82, 2.24) is 9.78 Å². The van der Waals surface area contributed by atoms with Crippen molar-refractivity contribution in [3.8, 4) is 0 Å². The van der Waals surface area contributed by atoms with Gasteiger partial charge in [-0.3, -0.25) is 4.68 Å². The smallest absolute Gasteiger partial charge is 0.0751 e. The lowest BCUT2D eigenvalue weighted by atomic mass is 10.2. The van der Waals surface area contributed by atoms with E-state index in [1.165, 1.54) is 12.0 Å². The number of hydrogen-bond donors (Lipinski definition) is 1. The van der Waals surface area contributed by atoms with Crippen molar-refractivity contribution >= 4 is 5.69 Å². The first-order valence-corrected chi connectivity index (χ1v) is 7.25. The van der Waals surface area contributed by atoms with E-state index in [0.29, 0.717) is 12.2 Å². The third kappa shape index (κ3) is 3.39. The van der Waals surface area contributed by atoms with Crippen LogP contribution >= 0.6 is 0 Å². The van der Waals surface area contributed by atoms with Crippen LogP contribution in [0.25, 0.3) is 0 Å². The molecule has 0 spiro atoms. The average molecular weight is 271 g/mol. The molecule has 3 rings (SSSR count). The molecule has 1 aromatic heterocycles. The molecular weight excluding hydrogens is 250 g/mol. The van der Waals surface area contributed by atoms with E-state index in [1.807, 2.05) is 16.9 Å². The molecule has 1 aliphatic heterocycles. The standard InChI is InChI=1S/C16H21N3O/c1-13-6-7-16(20-13)11-17-15-5-2-4-14(10-15)12-19-9-3-8-18-19/h2-5,8-10,13,16-17H,6-7,11-12H2,1H3. The van der Waals surface area contributed by atoms with E-state index in [4.69, 9.17) is 4.74 Å². The lowest BCUT2D eigenvalue weighted by molar-refractivity contribution is 0.0637. The van der Waals surface area contributed by atoms with Crippen LogP contribution in [0, 0.1) is 0 Å². The molecule has 0 radical (unpaired) electrons. The summed E-state index contributed by atoms with van der Waals surface area (Å²) in [6, 6.07) is 10.4. The molecule has 1 N–H and O–H groups in total. The lowest BCUT2D eigenvalue weighted by Gasteiger charge is -2.14. The van der Waals surface area contributed by atoms with Gasteiger partial charge in [0, 0.05) is 24.6 Å². The largest absolute Gasteiger partial charge is 0.382 e. The highest BCUT2D eigenvalue weighted by Crippen LogP contribution is 2.20. The first-order chi connectivity index (χ1) is 9.79. The highest BCUT2D eigenvalue weighted by atomic mass is 16.5. The van der Waals surface area contributed by atoms with Crippen LogP contribution < -0.4 is 5.32 Å². The minimum Gasteiger partial charge on any atom is -0.382 e. The van der Waals surface area contributed by atoms with Crippen LogP contribution in [-0.4, -0.2) is 28.5 Å². The zero-order valence-electron chi connectivity index (χ0n) is 11.8. The Morgan fingerprint density at radius 2 is 2.30 bits per heavy atom. The molecule has 0 bridgehead atoms. The summed E-state index contributed by atoms with van der Waals surface area (Å²) in [6.07, 6.45) is 6.87. The maximum absolute atomic E-state index is 5.82. The summed E-state index contributed by atoms with van der Waals surface area (Å²) in [7, 11) is 0. The number of aromatic nitrogens is 2. The number of hydrogen-bond acceptors (Lipinski definition) is 3. The second-order valence-electron chi connectivity index (χ2n) is 5.43. The predicted molar refractivity (Wildman–Crippen MR) is 79.8 cm³/mol. The maximum Gasteiger partial charge on any atom is 0.0751 e. The highest BCUT2D eigenvalue weighted by molar-refractivity contribution is 5.45. The molecule has 2 aromatic rings. The molecule has 0 amide bonds. The Morgan fingerprint density at radius 3 is 3.05 bits per heavy atom. The topological polar surface area (TPSA) is 39.1 Å². The Labute approximate surface area is 119 Å². The van der Waals surface area contributed by atoms with Crippen molar-refractivity contribution in [2.45, 2.75) is 38.5 Å². The Hall–Kier alpha value is -1.81. The number of nitrogens with zero attached hydrogens (tertiary/aromatic N) is 2. The van der Waals surface area contributed by atoms with Crippen LogP contribution in [0.15, 0.2) is 42.7 Å². The van der Waals surface area contributed by atoms with Gasteiger partial charge in [-0.15, -0.1) is 0 Å². The van der Waals surface area contributed by atoms with Crippen LogP contribution in [0.4, 0.5) is 5.69 Å². The van der Waals surface area contributed by atoms with Crippen LogP contribution in [0.5, 0.6) is 0 Å². The molecule has 2 unspecified atom stereocenters. The monoisotopic (exact) mass is 271 g/mol. The summed E-state index contributed by atoms with van der Waals surface area (Å²) in [4.78, 5) is 0. The molecule has 2 heterocycles. The summed E-state index contributed by atoms with van der Waals surface area (Å²) in [5.41, 5.74) is 2.40. The van der Waals surface area contributed by atoms with Gasteiger partial charge in [0.1, 0.15) is 0 Å². The Balaban J connectivity index is 1.57. The van der Waals surface area contributed by atoms with Gasteiger partial charge in [-0.1, -0.05) is 12.1 Å². The van der Waals surface area contributed by atoms with Gasteiger partial charge in [0.25, 0.3) is 0 Å². The SMILES string of the molecule is CC1CCC(CNc2cccc(Cn3cccn3)c2)O1. The minimum absolute atomic E-state index is 0.347. The summed E-state index contributed by atoms with van der Waals surface area (Å²) < 4.78 is 7.75. The zero-order valence-corrected chi connectivity index (χ0v) is 11.8. The fourth-order valence-corrected chi connectivity index (χ4v) is 2.63. The van der Waals surface area contributed by atoms with Crippen molar-refractivity contribution < 1.29 is 4.74 Å². The fourth-order valence-electron chi connectivity index (χ4n) is 2.63. The third-order valence-corrected chi connectivity index (χ3v) is 3.68. The van der Waals surface area contributed by atoms with Gasteiger partial charge < -0.3 is 10.1 Å². The molecule has 2 atom stereocenters. The number of rotatable bonds is 5. The van der Waals surface area contributed by atoms with E-state index < -0.39 is 0 Å². The molecule has 4 nitrogen and oxygen atoms in total. The zero-order chi connectivity index (χ0) is 13.8. The normalized spacial score (nSPS) is 22.1. The van der Waals surface area contributed by atoms with Gasteiger partial charge in [-0.25, -0.2) is 0 Å². The second-order valence-corrected chi connectivity index (χ2v) is 5.43. The van der Waals surface area contributed by atoms with Crippen LogP contribution in [-0.2, 0) is 11.3 Å². The quantitative estimate of drug-likeness (QED) is 0.909. The van der Waals surface area contributed by atoms with E-state index in [-0.39, 0.29) is 0 Å². The van der Waals surface area contributed by atoms with Gasteiger partial charge in [0.15, 0.2) is 0 Å². The molecule has 0 saturated carbocycles. The van der Waals surface area contributed by atoms with Gasteiger partial charge in [-0.2, -0.15) is 5.10 Å². The first kappa shape index (κ1) is 13.2. The predicted octanol–water partition coefficient (Wildman–Crippen LogP) is 2.91. The van der Waals surface area contributed by atoms with Crippen molar-refractivity contribution in [2.24, 2.45) is 0 Å². The Kier molecular flexibility index (Phi) is 4.02. The molecule has 1 saturated heterocycles. The van der Waals surface area contributed by atoms with Gasteiger partial charge >= 0.3 is 0 Å². The molecule has 1 aliphatic rings. The van der Waals surface area contributed by atoms with Gasteiger partial charge in [0.05, 0.1) is 18.8 Å². The van der Waals surface area contributed by atoms with Gasteiger partial charge in [-0.05, 0) is 43.5 Å². The van der Waals surface area contributed by atoms with E-state index in [9.17, 15) is 0 Å². The van der Waals surface area contributed by atoms with Crippen molar-refractivity contribution in [1.29, 1.82) is 0 Å². The van der Waals surface area contributed by atoms with E-state index in [1.54, 1.807) is 6.20 Å².